The third-order valence-corrected chi connectivity index (χ3v) is 2.77. The minimum Gasteiger partial charge on any atom is -0.364 e. The Morgan fingerprint density at radius 2 is 2.19 bits per heavy atom. The molecule has 9 nitrogen and oxygen atoms in total. The zero-order valence-electron chi connectivity index (χ0n) is 10.5. The quantitative estimate of drug-likeness (QED) is 0.596. The van der Waals surface area contributed by atoms with E-state index in [1.165, 1.54) is 18.5 Å². The molecular weight excluding hydrogens is 278 g/mol. The first-order valence-electron chi connectivity index (χ1n) is 5.93. The smallest absolute Gasteiger partial charge is 0.327 e. The van der Waals surface area contributed by atoms with Crippen LogP contribution >= 0.6 is 0 Å². The normalized spacial score (nSPS) is 10.7. The molecule has 0 radical (unpaired) electrons. The molecule has 0 atom stereocenters. The highest BCUT2D eigenvalue weighted by atomic mass is 16.5. The van der Waals surface area contributed by atoms with Gasteiger partial charge < -0.3 is 9.84 Å². The van der Waals surface area contributed by atoms with Gasteiger partial charge in [-0.1, -0.05) is 5.16 Å². The minimum absolute atomic E-state index is 0.122. The van der Waals surface area contributed by atoms with E-state index in [0.29, 0.717) is 5.69 Å². The first-order valence-corrected chi connectivity index (χ1v) is 5.93. The molecule has 0 aliphatic rings. The third kappa shape index (κ3) is 2.56. The molecule has 3 heterocycles. The number of H-pyrrole nitrogens is 2. The molecule has 21 heavy (non-hydrogen) atoms. The highest BCUT2D eigenvalue weighted by Gasteiger charge is 2.10. The molecule has 1 amide bonds. The van der Waals surface area contributed by atoms with Crippen LogP contribution in [0.15, 0.2) is 38.7 Å². The predicted octanol–water partition coefficient (Wildman–Crippen LogP) is -0.471. The van der Waals surface area contributed by atoms with E-state index in [9.17, 15) is 14.4 Å². The summed E-state index contributed by atoms with van der Waals surface area (Å²) in [5.74, 6) is -0.419. The van der Waals surface area contributed by atoms with Crippen molar-refractivity contribution in [2.75, 3.05) is 0 Å². The number of pyridine rings is 1. The van der Waals surface area contributed by atoms with Crippen molar-refractivity contribution in [1.82, 2.24) is 25.4 Å². The van der Waals surface area contributed by atoms with Crippen LogP contribution < -0.4 is 16.6 Å². The minimum atomic E-state index is -0.650. The summed E-state index contributed by atoms with van der Waals surface area (Å²) >= 11 is 0. The molecule has 3 aromatic rings. The van der Waals surface area contributed by atoms with Gasteiger partial charge in [-0.2, -0.15) is 0 Å². The molecule has 9 heteroatoms. The van der Waals surface area contributed by atoms with Crippen LogP contribution in [0, 0.1) is 0 Å². The Hall–Kier alpha value is -3.23. The Morgan fingerprint density at radius 3 is 2.95 bits per heavy atom. The van der Waals surface area contributed by atoms with Crippen molar-refractivity contribution >= 4 is 16.9 Å². The average Bonchev–Trinajstić information content (AvgIpc) is 2.97. The number of carbonyl (C=O) groups is 1. The summed E-state index contributed by atoms with van der Waals surface area (Å²) in [6, 6.07) is 2.98. The van der Waals surface area contributed by atoms with Crippen molar-refractivity contribution in [3.05, 3.63) is 56.7 Å². The van der Waals surface area contributed by atoms with Crippen LogP contribution in [-0.2, 0) is 6.54 Å². The lowest BCUT2D eigenvalue weighted by Gasteiger charge is -2.03. The number of hydrogen-bond acceptors (Lipinski definition) is 6. The highest BCUT2D eigenvalue weighted by molar-refractivity contribution is 5.96. The lowest BCUT2D eigenvalue weighted by molar-refractivity contribution is 0.0950. The van der Waals surface area contributed by atoms with Gasteiger partial charge in [-0.05, 0) is 6.07 Å². The molecular formula is C12H9N5O4. The number of carbonyl (C=O) groups excluding carboxylic acids is 1. The fraction of sp³-hybridized carbons (Fsp3) is 0.0833. The Bertz CT molecular complexity index is 909. The molecule has 0 aliphatic carbocycles. The average molecular weight is 287 g/mol. The molecule has 106 valence electrons. The van der Waals surface area contributed by atoms with Crippen molar-refractivity contribution in [3.8, 4) is 0 Å². The predicted molar refractivity (Wildman–Crippen MR) is 70.7 cm³/mol. The lowest BCUT2D eigenvalue weighted by Crippen LogP contribution is -2.25. The first-order chi connectivity index (χ1) is 10.1. The van der Waals surface area contributed by atoms with Crippen LogP contribution in [0.5, 0.6) is 0 Å². The van der Waals surface area contributed by atoms with Crippen LogP contribution in [0.4, 0.5) is 0 Å². The van der Waals surface area contributed by atoms with Crippen molar-refractivity contribution in [1.29, 1.82) is 0 Å². The maximum atomic E-state index is 12.0. The summed E-state index contributed by atoms with van der Waals surface area (Å²) in [5, 5.41) is 6.40. The fourth-order valence-corrected chi connectivity index (χ4v) is 1.77. The Balaban J connectivity index is 1.88. The van der Waals surface area contributed by atoms with E-state index in [2.05, 4.69) is 29.9 Å². The highest BCUT2D eigenvalue weighted by Crippen LogP contribution is 2.05. The van der Waals surface area contributed by atoms with Gasteiger partial charge >= 0.3 is 5.69 Å². The summed E-state index contributed by atoms with van der Waals surface area (Å²) in [6.07, 6.45) is 2.67. The fourth-order valence-electron chi connectivity index (χ4n) is 1.77. The molecule has 0 saturated heterocycles. The van der Waals surface area contributed by atoms with Crippen molar-refractivity contribution < 1.29 is 9.32 Å². The maximum Gasteiger partial charge on any atom is 0.327 e. The molecule has 0 aliphatic heterocycles. The summed E-state index contributed by atoms with van der Waals surface area (Å²) in [5.41, 5.74) is -0.366. The zero-order valence-corrected chi connectivity index (χ0v) is 10.5. The first kappa shape index (κ1) is 12.8. The summed E-state index contributed by atoms with van der Waals surface area (Å²) < 4.78 is 4.64. The van der Waals surface area contributed by atoms with E-state index >= 15 is 0 Å². The summed E-state index contributed by atoms with van der Waals surface area (Å²) in [7, 11) is 0. The molecule has 3 aromatic heterocycles. The van der Waals surface area contributed by atoms with Crippen LogP contribution in [0.2, 0.25) is 0 Å². The summed E-state index contributed by atoms with van der Waals surface area (Å²) in [6.45, 7) is 0.190. The number of hydrogen-bond donors (Lipinski definition) is 3. The SMILES string of the molecule is O=C(NCc1ccon1)c1cnc2[nH]c(=O)[nH]c(=O)c2c1. The van der Waals surface area contributed by atoms with Gasteiger partial charge in [0.05, 0.1) is 17.5 Å². The van der Waals surface area contributed by atoms with E-state index in [0.717, 1.165) is 0 Å². The van der Waals surface area contributed by atoms with Crippen molar-refractivity contribution in [2.45, 2.75) is 6.54 Å². The van der Waals surface area contributed by atoms with Crippen LogP contribution in [0.1, 0.15) is 16.1 Å². The van der Waals surface area contributed by atoms with Gasteiger partial charge in [0, 0.05) is 12.3 Å². The number of nitrogens with zero attached hydrogens (tertiary/aromatic N) is 2. The van der Waals surface area contributed by atoms with Gasteiger partial charge in [0.2, 0.25) is 0 Å². The standard InChI is InChI=1S/C12H9N5O4/c18-10(14-5-7-1-2-21-17-7)6-3-8-9(13-4-6)15-12(20)16-11(8)19/h1-4H,5H2,(H,14,18)(H2,13,15,16,19,20). The van der Waals surface area contributed by atoms with Crippen LogP contribution in [0.25, 0.3) is 11.0 Å². The largest absolute Gasteiger partial charge is 0.364 e. The molecule has 0 bridgehead atoms. The van der Waals surface area contributed by atoms with Gasteiger partial charge in [-0.25, -0.2) is 9.78 Å². The molecule has 0 unspecified atom stereocenters. The van der Waals surface area contributed by atoms with Crippen molar-refractivity contribution in [2.24, 2.45) is 0 Å². The number of rotatable bonds is 3. The number of fused-ring (bicyclic) bond motifs is 1. The van der Waals surface area contributed by atoms with E-state index in [1.807, 2.05) is 0 Å². The van der Waals surface area contributed by atoms with Gasteiger partial charge in [0.1, 0.15) is 17.6 Å². The lowest BCUT2D eigenvalue weighted by atomic mass is 10.2. The Labute approximate surface area is 116 Å². The molecule has 3 N–H and O–H groups in total. The molecule has 0 spiro atoms. The Morgan fingerprint density at radius 1 is 1.33 bits per heavy atom. The van der Waals surface area contributed by atoms with Gasteiger partial charge in [-0.15, -0.1) is 0 Å². The van der Waals surface area contributed by atoms with Gasteiger partial charge in [0.25, 0.3) is 11.5 Å². The molecule has 0 saturated carbocycles. The van der Waals surface area contributed by atoms with Crippen LogP contribution in [0.3, 0.4) is 0 Å². The van der Waals surface area contributed by atoms with Crippen LogP contribution in [-0.4, -0.2) is 26.0 Å². The molecule has 3 rings (SSSR count). The Kier molecular flexibility index (Phi) is 3.07. The zero-order chi connectivity index (χ0) is 14.8. The summed E-state index contributed by atoms with van der Waals surface area (Å²) in [4.78, 5) is 43.1. The van der Waals surface area contributed by atoms with Crippen molar-refractivity contribution in [3.63, 3.8) is 0 Å². The second kappa shape index (κ2) is 5.04. The third-order valence-electron chi connectivity index (χ3n) is 2.77. The van der Waals surface area contributed by atoms with Gasteiger partial charge in [-0.3, -0.25) is 19.6 Å². The number of aromatic nitrogens is 4. The second-order valence-corrected chi connectivity index (χ2v) is 4.20. The van der Waals surface area contributed by atoms with E-state index < -0.39 is 17.2 Å². The molecule has 0 aromatic carbocycles. The van der Waals surface area contributed by atoms with E-state index in [4.69, 9.17) is 0 Å². The topological polar surface area (TPSA) is 134 Å². The number of aromatic amines is 2. The maximum absolute atomic E-state index is 12.0. The van der Waals surface area contributed by atoms with E-state index in [1.54, 1.807) is 6.07 Å². The number of nitrogens with one attached hydrogen (secondary N) is 3. The van der Waals surface area contributed by atoms with E-state index in [-0.39, 0.29) is 23.1 Å². The monoisotopic (exact) mass is 287 g/mol. The second-order valence-electron chi connectivity index (χ2n) is 4.20. The molecule has 0 fully saturated rings. The number of amides is 1. The van der Waals surface area contributed by atoms with Gasteiger partial charge in [0.15, 0.2) is 0 Å².